The molecule has 0 unspecified atom stereocenters. The molecule has 0 aliphatic carbocycles. The third-order valence-corrected chi connectivity index (χ3v) is 8.40. The fourth-order valence-corrected chi connectivity index (χ4v) is 5.83. The molecule has 1 N–H and O–H groups in total. The van der Waals surface area contributed by atoms with Crippen molar-refractivity contribution in [3.63, 3.8) is 0 Å². The molecule has 12 heteroatoms. The molecule has 42 heavy (non-hydrogen) atoms. The fourth-order valence-electron chi connectivity index (χ4n) is 4.39. The van der Waals surface area contributed by atoms with E-state index in [4.69, 9.17) is 14.2 Å². The van der Waals surface area contributed by atoms with Crippen molar-refractivity contribution in [2.24, 2.45) is 5.10 Å². The number of sulfonamides is 1. The van der Waals surface area contributed by atoms with Gasteiger partial charge in [-0.1, -0.05) is 18.2 Å². The molecule has 2 amide bonds. The number of carbonyl (C=O) groups excluding carboxylic acids is 2. The van der Waals surface area contributed by atoms with Gasteiger partial charge in [0.05, 0.1) is 31.0 Å². The van der Waals surface area contributed by atoms with Crippen molar-refractivity contribution in [2.75, 3.05) is 44.8 Å². The molecular formula is C30H34N4O7S. The van der Waals surface area contributed by atoms with E-state index in [-0.39, 0.29) is 28.8 Å². The topological polar surface area (TPSA) is 127 Å². The Labute approximate surface area is 245 Å². The molecule has 1 aliphatic rings. The van der Waals surface area contributed by atoms with Crippen LogP contribution in [0.15, 0.2) is 82.8 Å². The molecular weight excluding hydrogens is 560 g/mol. The number of methoxy groups -OCH3 is 2. The normalized spacial score (nSPS) is 13.4. The van der Waals surface area contributed by atoms with Gasteiger partial charge in [-0.15, -0.1) is 0 Å². The number of nitrogens with zero attached hydrogens (tertiary/aromatic N) is 3. The lowest BCUT2D eigenvalue weighted by Crippen LogP contribution is -2.39. The fraction of sp³-hybridized carbons (Fsp3) is 0.300. The predicted octanol–water partition coefficient (Wildman–Crippen LogP) is 3.44. The van der Waals surface area contributed by atoms with Crippen molar-refractivity contribution in [2.45, 2.75) is 24.2 Å². The number of hydrazone groups is 1. The standard InChI is InChI=1S/C30H34N4O7S/c1-39-25-15-16-28(40-2)27(19-25)34(42(37,38)26-9-5-3-6-10-26)21-29(35)32-31-20-23-11-13-24(14-12-23)41-22-30(36)33-17-7-4-8-18-33/h3,5-6,9-16,19-20H,4,7-8,17-18,21-22H2,1-2H3,(H,32,35)/b31-20-. The van der Waals surface area contributed by atoms with Crippen LogP contribution in [0.25, 0.3) is 0 Å². The van der Waals surface area contributed by atoms with E-state index in [9.17, 15) is 18.0 Å². The molecule has 0 saturated carbocycles. The highest BCUT2D eigenvalue weighted by Crippen LogP contribution is 2.35. The molecule has 1 heterocycles. The zero-order chi connectivity index (χ0) is 30.0. The van der Waals surface area contributed by atoms with Gasteiger partial charge in [0.2, 0.25) is 0 Å². The second-order valence-electron chi connectivity index (χ2n) is 9.45. The van der Waals surface area contributed by atoms with Crippen molar-refractivity contribution in [1.29, 1.82) is 0 Å². The average Bonchev–Trinajstić information content (AvgIpc) is 3.03. The molecule has 4 rings (SSSR count). The van der Waals surface area contributed by atoms with Gasteiger partial charge in [0.1, 0.15) is 23.8 Å². The minimum absolute atomic E-state index is 0.00566. The Morgan fingerprint density at radius 1 is 0.929 bits per heavy atom. The molecule has 11 nitrogen and oxygen atoms in total. The lowest BCUT2D eigenvalue weighted by Gasteiger charge is -2.26. The van der Waals surface area contributed by atoms with Crippen LogP contribution < -0.4 is 23.9 Å². The summed E-state index contributed by atoms with van der Waals surface area (Å²) >= 11 is 0. The largest absolute Gasteiger partial charge is 0.497 e. The molecule has 1 aliphatic heterocycles. The number of anilines is 1. The van der Waals surface area contributed by atoms with E-state index in [1.807, 2.05) is 4.90 Å². The molecule has 1 fully saturated rings. The van der Waals surface area contributed by atoms with Crippen LogP contribution in [0.5, 0.6) is 17.2 Å². The number of rotatable bonds is 12. The van der Waals surface area contributed by atoms with Gasteiger partial charge < -0.3 is 19.1 Å². The van der Waals surface area contributed by atoms with Crippen LogP contribution in [-0.2, 0) is 19.6 Å². The number of amides is 2. The second-order valence-corrected chi connectivity index (χ2v) is 11.3. The van der Waals surface area contributed by atoms with E-state index >= 15 is 0 Å². The number of likely N-dealkylation sites (tertiary alicyclic amines) is 1. The maximum atomic E-state index is 13.6. The molecule has 0 bridgehead atoms. The van der Waals surface area contributed by atoms with Crippen LogP contribution in [-0.4, -0.2) is 71.8 Å². The van der Waals surface area contributed by atoms with Gasteiger partial charge in [-0.3, -0.25) is 13.9 Å². The molecule has 1 saturated heterocycles. The van der Waals surface area contributed by atoms with Crippen molar-refractivity contribution in [1.82, 2.24) is 10.3 Å². The van der Waals surface area contributed by atoms with Crippen LogP contribution in [0.1, 0.15) is 24.8 Å². The monoisotopic (exact) mass is 594 g/mol. The Morgan fingerprint density at radius 3 is 2.29 bits per heavy atom. The molecule has 3 aromatic rings. The van der Waals surface area contributed by atoms with E-state index < -0.39 is 22.5 Å². The van der Waals surface area contributed by atoms with Gasteiger partial charge in [0.25, 0.3) is 21.8 Å². The summed E-state index contributed by atoms with van der Waals surface area (Å²) < 4.78 is 44.5. The predicted molar refractivity (Wildman–Crippen MR) is 159 cm³/mol. The second kappa shape index (κ2) is 14.4. The number of ether oxygens (including phenoxy) is 3. The third-order valence-electron chi connectivity index (χ3n) is 6.63. The van der Waals surface area contributed by atoms with Crippen molar-refractivity contribution < 1.29 is 32.2 Å². The number of nitrogens with one attached hydrogen (secondary N) is 1. The van der Waals surface area contributed by atoms with Crippen LogP contribution in [0.2, 0.25) is 0 Å². The Hall–Kier alpha value is -4.58. The minimum Gasteiger partial charge on any atom is -0.497 e. The maximum absolute atomic E-state index is 13.6. The zero-order valence-corrected chi connectivity index (χ0v) is 24.4. The first-order valence-corrected chi connectivity index (χ1v) is 14.9. The summed E-state index contributed by atoms with van der Waals surface area (Å²) in [5.41, 5.74) is 3.18. The molecule has 0 radical (unpaired) electrons. The Bertz CT molecular complexity index is 1490. The van der Waals surface area contributed by atoms with Crippen LogP contribution in [0.3, 0.4) is 0 Å². The summed E-state index contributed by atoms with van der Waals surface area (Å²) in [5, 5.41) is 3.98. The molecule has 3 aromatic carbocycles. The SMILES string of the molecule is COc1ccc(OC)c(N(CC(=O)N/N=C\c2ccc(OCC(=O)N3CCCCC3)cc2)S(=O)(=O)c2ccccc2)c1. The summed E-state index contributed by atoms with van der Waals surface area (Å²) in [6.07, 6.45) is 4.61. The highest BCUT2D eigenvalue weighted by Gasteiger charge is 2.30. The van der Waals surface area contributed by atoms with Gasteiger partial charge in [-0.2, -0.15) is 5.10 Å². The van der Waals surface area contributed by atoms with Gasteiger partial charge in [-0.25, -0.2) is 13.8 Å². The maximum Gasteiger partial charge on any atom is 0.264 e. The lowest BCUT2D eigenvalue weighted by molar-refractivity contribution is -0.134. The third kappa shape index (κ3) is 7.78. The summed E-state index contributed by atoms with van der Waals surface area (Å²) in [7, 11) is -1.30. The Morgan fingerprint density at radius 2 is 1.62 bits per heavy atom. The van der Waals surface area contributed by atoms with Crippen molar-refractivity contribution in [3.8, 4) is 17.2 Å². The Kier molecular flexibility index (Phi) is 10.4. The smallest absolute Gasteiger partial charge is 0.264 e. The lowest BCUT2D eigenvalue weighted by atomic mass is 10.1. The number of hydrogen-bond acceptors (Lipinski definition) is 8. The number of carbonyl (C=O) groups is 2. The van der Waals surface area contributed by atoms with Crippen molar-refractivity contribution >= 4 is 33.7 Å². The van der Waals surface area contributed by atoms with Crippen LogP contribution in [0.4, 0.5) is 5.69 Å². The first-order valence-electron chi connectivity index (χ1n) is 13.4. The van der Waals surface area contributed by atoms with Gasteiger partial charge in [0.15, 0.2) is 6.61 Å². The molecule has 0 aromatic heterocycles. The molecule has 222 valence electrons. The van der Waals surface area contributed by atoms with E-state index in [1.165, 1.54) is 38.6 Å². The number of piperidine rings is 1. The summed E-state index contributed by atoms with van der Waals surface area (Å²) in [6, 6.07) is 19.3. The van der Waals surface area contributed by atoms with Crippen molar-refractivity contribution in [3.05, 3.63) is 78.4 Å². The van der Waals surface area contributed by atoms with Gasteiger partial charge in [0, 0.05) is 19.2 Å². The summed E-state index contributed by atoms with van der Waals surface area (Å²) in [5.74, 6) is 0.465. The van der Waals surface area contributed by atoms with Crippen LogP contribution >= 0.6 is 0 Å². The van der Waals surface area contributed by atoms with E-state index in [1.54, 1.807) is 54.6 Å². The molecule has 0 atom stereocenters. The zero-order valence-electron chi connectivity index (χ0n) is 23.6. The summed E-state index contributed by atoms with van der Waals surface area (Å²) in [4.78, 5) is 27.1. The highest BCUT2D eigenvalue weighted by molar-refractivity contribution is 7.92. The first-order chi connectivity index (χ1) is 20.3. The number of hydrogen-bond donors (Lipinski definition) is 1. The summed E-state index contributed by atoms with van der Waals surface area (Å²) in [6.45, 7) is 0.943. The van der Waals surface area contributed by atoms with E-state index in [0.717, 1.165) is 36.7 Å². The van der Waals surface area contributed by atoms with Gasteiger partial charge >= 0.3 is 0 Å². The van der Waals surface area contributed by atoms with Gasteiger partial charge in [-0.05, 0) is 73.4 Å². The number of benzene rings is 3. The molecule has 0 spiro atoms. The van der Waals surface area contributed by atoms with Crippen LogP contribution in [0, 0.1) is 0 Å². The first kappa shape index (κ1) is 30.4. The highest BCUT2D eigenvalue weighted by atomic mass is 32.2. The van der Waals surface area contributed by atoms with E-state index in [0.29, 0.717) is 17.1 Å². The average molecular weight is 595 g/mol. The minimum atomic E-state index is -4.16. The Balaban J connectivity index is 1.42. The quantitative estimate of drug-likeness (QED) is 0.251. The van der Waals surface area contributed by atoms with E-state index in [2.05, 4.69) is 10.5 Å².